The Labute approximate surface area is 253 Å². The summed E-state index contributed by atoms with van der Waals surface area (Å²) in [4.78, 5) is 0. The highest BCUT2D eigenvalue weighted by Gasteiger charge is 2.39. The van der Waals surface area contributed by atoms with Gasteiger partial charge in [0.15, 0.2) is 0 Å². The molecule has 0 aliphatic heterocycles. The first kappa shape index (κ1) is 34.3. The highest BCUT2D eigenvalue weighted by molar-refractivity contribution is 5.75. The van der Waals surface area contributed by atoms with Gasteiger partial charge in [-0.25, -0.2) is 0 Å². The average molecular weight is 552 g/mol. The van der Waals surface area contributed by atoms with Gasteiger partial charge >= 0.3 is 0 Å². The Morgan fingerprint density at radius 2 is 1.73 bits per heavy atom. The van der Waals surface area contributed by atoms with E-state index in [0.29, 0.717) is 5.92 Å². The third-order valence-electron chi connectivity index (χ3n) is 9.69. The number of hydrogen-bond acceptors (Lipinski definition) is 1. The lowest BCUT2D eigenvalue weighted by atomic mass is 9.62. The fraction of sp³-hybridized carbons (Fsp3) is 0.475. The molecule has 1 aliphatic rings. The summed E-state index contributed by atoms with van der Waals surface area (Å²) in [6.07, 6.45) is 20.6. The lowest BCUT2D eigenvalue weighted by Crippen LogP contribution is -2.43. The largest absolute Gasteiger partial charge is 0.307 e. The number of nitrogens with one attached hydrogen (secondary N) is 1. The van der Waals surface area contributed by atoms with Crippen LogP contribution in [0.3, 0.4) is 0 Å². The van der Waals surface area contributed by atoms with Crippen molar-refractivity contribution in [3.8, 4) is 0 Å². The summed E-state index contributed by atoms with van der Waals surface area (Å²) in [5, 5.41) is 3.76. The van der Waals surface area contributed by atoms with Crippen molar-refractivity contribution in [3.63, 3.8) is 0 Å². The Morgan fingerprint density at radius 1 is 1.05 bits per heavy atom. The summed E-state index contributed by atoms with van der Waals surface area (Å²) in [6, 6.07) is 8.94. The Hall–Kier alpha value is -2.86. The predicted molar refractivity (Wildman–Crippen MR) is 184 cm³/mol. The van der Waals surface area contributed by atoms with Gasteiger partial charge in [-0.1, -0.05) is 87.9 Å². The summed E-state index contributed by atoms with van der Waals surface area (Å²) in [6.45, 7) is 26.6. The zero-order valence-electron chi connectivity index (χ0n) is 27.7. The van der Waals surface area contributed by atoms with Gasteiger partial charge in [0.05, 0.1) is 5.54 Å². The van der Waals surface area contributed by atoms with Crippen LogP contribution >= 0.6 is 0 Å². The van der Waals surface area contributed by atoms with E-state index in [1.807, 2.05) is 6.08 Å². The van der Waals surface area contributed by atoms with Crippen LogP contribution in [0.2, 0.25) is 0 Å². The van der Waals surface area contributed by atoms with Crippen LogP contribution in [0.15, 0.2) is 107 Å². The third kappa shape index (κ3) is 7.91. The quantitative estimate of drug-likeness (QED) is 0.159. The van der Waals surface area contributed by atoms with E-state index in [1.165, 1.54) is 39.0 Å². The molecule has 1 N–H and O–H groups in total. The molecule has 1 aromatic rings. The van der Waals surface area contributed by atoms with Gasteiger partial charge < -0.3 is 5.32 Å². The minimum absolute atomic E-state index is 0.0640. The molecule has 0 heterocycles. The molecule has 1 aromatic carbocycles. The van der Waals surface area contributed by atoms with E-state index in [9.17, 15) is 0 Å². The van der Waals surface area contributed by atoms with Gasteiger partial charge in [-0.3, -0.25) is 0 Å². The van der Waals surface area contributed by atoms with E-state index in [-0.39, 0.29) is 11.0 Å². The lowest BCUT2D eigenvalue weighted by molar-refractivity contribution is 0.232. The molecule has 0 spiro atoms. The van der Waals surface area contributed by atoms with Crippen molar-refractivity contribution in [2.24, 2.45) is 11.3 Å². The highest BCUT2D eigenvalue weighted by Crippen LogP contribution is 2.50. The molecule has 2 unspecified atom stereocenters. The van der Waals surface area contributed by atoms with Gasteiger partial charge in [0.1, 0.15) is 0 Å². The Kier molecular flexibility index (Phi) is 13.4. The molecule has 0 aromatic heterocycles. The molecule has 0 saturated heterocycles. The summed E-state index contributed by atoms with van der Waals surface area (Å²) in [7, 11) is 2.10. The molecule has 2 rings (SSSR count). The van der Waals surface area contributed by atoms with E-state index in [2.05, 4.69) is 141 Å². The maximum atomic E-state index is 4.05. The second-order valence-corrected chi connectivity index (χ2v) is 12.2. The van der Waals surface area contributed by atoms with E-state index >= 15 is 0 Å². The van der Waals surface area contributed by atoms with Crippen molar-refractivity contribution in [2.45, 2.75) is 106 Å². The topological polar surface area (TPSA) is 12.0 Å². The van der Waals surface area contributed by atoms with E-state index in [0.717, 1.165) is 44.9 Å². The van der Waals surface area contributed by atoms with Crippen molar-refractivity contribution < 1.29 is 0 Å². The molecule has 41 heavy (non-hydrogen) atoms. The predicted octanol–water partition coefficient (Wildman–Crippen LogP) is 11.4. The van der Waals surface area contributed by atoms with E-state index in [1.54, 1.807) is 5.57 Å². The number of allylic oxidation sites excluding steroid dienone is 8. The highest BCUT2D eigenvalue weighted by atomic mass is 14.9. The summed E-state index contributed by atoms with van der Waals surface area (Å²) in [5.74, 6) is 0.501. The molecule has 0 radical (unpaired) electrons. The average Bonchev–Trinajstić information content (AvgIpc) is 3.16. The van der Waals surface area contributed by atoms with Gasteiger partial charge in [-0.05, 0) is 136 Å². The monoisotopic (exact) mass is 551 g/mol. The number of hydrogen-bond donors (Lipinski definition) is 1. The first-order valence-electron chi connectivity index (χ1n) is 15.8. The molecule has 0 amide bonds. The lowest BCUT2D eigenvalue weighted by Gasteiger charge is -2.43. The number of rotatable bonds is 16. The molecule has 1 nitrogen and oxygen atoms in total. The van der Waals surface area contributed by atoms with Gasteiger partial charge in [-0.15, -0.1) is 18.9 Å². The summed E-state index contributed by atoms with van der Waals surface area (Å²) >= 11 is 0. The van der Waals surface area contributed by atoms with Crippen LogP contribution in [0.5, 0.6) is 0 Å². The van der Waals surface area contributed by atoms with Crippen LogP contribution in [0.25, 0.3) is 5.57 Å². The molecule has 2 atom stereocenters. The second-order valence-electron chi connectivity index (χ2n) is 12.2. The molecular weight excluding hydrogens is 494 g/mol. The van der Waals surface area contributed by atoms with Crippen molar-refractivity contribution in [1.82, 2.24) is 5.32 Å². The first-order chi connectivity index (χ1) is 19.6. The molecular formula is C40H57N. The van der Waals surface area contributed by atoms with Gasteiger partial charge in [0, 0.05) is 0 Å². The van der Waals surface area contributed by atoms with Gasteiger partial charge in [-0.2, -0.15) is 0 Å². The fourth-order valence-corrected chi connectivity index (χ4v) is 6.50. The Balaban J connectivity index is 2.89. The van der Waals surface area contributed by atoms with Gasteiger partial charge in [0.2, 0.25) is 0 Å². The first-order valence-corrected chi connectivity index (χ1v) is 15.8. The molecule has 0 bridgehead atoms. The zero-order chi connectivity index (χ0) is 30.6. The summed E-state index contributed by atoms with van der Waals surface area (Å²) < 4.78 is 0. The standard InChI is InChI=1S/C40H57N/c1-12-16-22-34-26-28-35(27-25-31(34)7)39(10,41-11)33(9)38(37-24-19-18-21-32(37)8)29-40(15-4,30(5)6)36(20-14-3)23-17-13-2/h12-13,18-21,24,26-28,30,41H,1-2,14-17,22-23,29H2,3-11H3/b36-20-,38-33+. The number of likely N-dealkylation sites (N-methyl/N-ethyl adjacent to an activating group) is 1. The van der Waals surface area contributed by atoms with Crippen molar-refractivity contribution in [3.05, 3.63) is 119 Å². The SMILES string of the molecule is C=CCCC1=CC=C(C(C)(NC)/C(C)=C(\CC(CC)(/C(=C\CC)CCC=C)C(C)C)c2ccccc2C)C=C=C1C. The molecule has 1 aliphatic carbocycles. The van der Waals surface area contributed by atoms with Crippen molar-refractivity contribution in [1.29, 1.82) is 0 Å². The van der Waals surface area contributed by atoms with Crippen molar-refractivity contribution >= 4 is 5.57 Å². The Bertz CT molecular complexity index is 1250. The minimum atomic E-state index is -0.360. The van der Waals surface area contributed by atoms with Crippen molar-refractivity contribution in [2.75, 3.05) is 7.05 Å². The number of aryl methyl sites for hydroxylation is 1. The van der Waals surface area contributed by atoms with Crippen LogP contribution in [0.4, 0.5) is 0 Å². The summed E-state index contributed by atoms with van der Waals surface area (Å²) in [5.41, 5.74) is 14.2. The Morgan fingerprint density at radius 3 is 2.29 bits per heavy atom. The molecule has 0 fully saturated rings. The minimum Gasteiger partial charge on any atom is -0.307 e. The smallest absolute Gasteiger partial charge is 0.0628 e. The maximum absolute atomic E-state index is 4.05. The second kappa shape index (κ2) is 16.0. The van der Waals surface area contributed by atoms with Crippen LogP contribution in [0.1, 0.15) is 105 Å². The third-order valence-corrected chi connectivity index (χ3v) is 9.69. The van der Waals surface area contributed by atoms with E-state index in [4.69, 9.17) is 0 Å². The van der Waals surface area contributed by atoms with Gasteiger partial charge in [0.25, 0.3) is 0 Å². The van der Waals surface area contributed by atoms with Crippen LogP contribution < -0.4 is 5.32 Å². The molecule has 0 saturated carbocycles. The normalized spacial score (nSPS) is 17.5. The number of benzene rings is 1. The van der Waals surface area contributed by atoms with Crippen LogP contribution in [-0.4, -0.2) is 12.6 Å². The van der Waals surface area contributed by atoms with E-state index < -0.39 is 0 Å². The molecule has 1 heteroatoms. The van der Waals surface area contributed by atoms with Crippen LogP contribution in [-0.2, 0) is 0 Å². The maximum Gasteiger partial charge on any atom is 0.0628 e. The zero-order valence-corrected chi connectivity index (χ0v) is 27.7. The molecule has 222 valence electrons. The fourth-order valence-electron chi connectivity index (χ4n) is 6.50. The van der Waals surface area contributed by atoms with Crippen LogP contribution in [0, 0.1) is 18.3 Å².